The first-order chi connectivity index (χ1) is 9.11. The van der Waals surface area contributed by atoms with E-state index in [1.54, 1.807) is 0 Å². The van der Waals surface area contributed by atoms with Gasteiger partial charge in [-0.15, -0.1) is 11.3 Å². The van der Waals surface area contributed by atoms with Crippen LogP contribution in [0.2, 0.25) is 0 Å². The second kappa shape index (κ2) is 4.57. The van der Waals surface area contributed by atoms with Gasteiger partial charge in [-0.25, -0.2) is 9.78 Å². The highest BCUT2D eigenvalue weighted by Crippen LogP contribution is 2.26. The molecule has 19 heavy (non-hydrogen) atoms. The summed E-state index contributed by atoms with van der Waals surface area (Å²) in [6.45, 7) is 3.59. The van der Waals surface area contributed by atoms with Crippen LogP contribution >= 0.6 is 11.3 Å². The first kappa shape index (κ1) is 12.6. The number of carbonyl (C=O) groups is 2. The number of carbonyl (C=O) groups excluding carboxylic acids is 2. The summed E-state index contributed by atoms with van der Waals surface area (Å²) >= 11 is 1.52. The number of thiazole rings is 1. The van der Waals surface area contributed by atoms with E-state index in [1.165, 1.54) is 16.2 Å². The number of hydrogen-bond donors (Lipinski definition) is 2. The van der Waals surface area contributed by atoms with E-state index in [1.807, 2.05) is 12.3 Å². The van der Waals surface area contributed by atoms with Gasteiger partial charge < -0.3 is 10.6 Å². The van der Waals surface area contributed by atoms with Crippen molar-refractivity contribution in [1.82, 2.24) is 20.5 Å². The fraction of sp³-hybridized carbons (Fsp3) is 0.583. The molecule has 0 radical (unpaired) electrons. The third-order valence-corrected chi connectivity index (χ3v) is 4.44. The zero-order valence-corrected chi connectivity index (χ0v) is 11.5. The number of rotatable bonds is 2. The van der Waals surface area contributed by atoms with Gasteiger partial charge in [-0.05, 0) is 26.3 Å². The van der Waals surface area contributed by atoms with E-state index >= 15 is 0 Å². The Morgan fingerprint density at radius 2 is 2.37 bits per heavy atom. The number of aryl methyl sites for hydroxylation is 1. The number of nitrogens with zero attached hydrogens (tertiary/aromatic N) is 2. The van der Waals surface area contributed by atoms with Gasteiger partial charge in [-0.1, -0.05) is 0 Å². The molecule has 2 N–H and O–H groups in total. The monoisotopic (exact) mass is 280 g/mol. The molecule has 1 spiro atoms. The summed E-state index contributed by atoms with van der Waals surface area (Å²) in [7, 11) is 0. The summed E-state index contributed by atoms with van der Waals surface area (Å²) in [6, 6.07) is -0.306. The van der Waals surface area contributed by atoms with E-state index in [-0.39, 0.29) is 18.5 Å². The largest absolute Gasteiger partial charge is 0.325 e. The predicted molar refractivity (Wildman–Crippen MR) is 70.8 cm³/mol. The molecular weight excluding hydrogens is 264 g/mol. The molecule has 1 unspecified atom stereocenters. The Bertz CT molecular complexity index is 522. The van der Waals surface area contributed by atoms with Crippen molar-refractivity contribution in [2.75, 3.05) is 13.1 Å². The Balaban J connectivity index is 1.79. The molecule has 0 aromatic carbocycles. The van der Waals surface area contributed by atoms with Crippen LogP contribution in [0.25, 0.3) is 0 Å². The highest BCUT2D eigenvalue weighted by Gasteiger charge is 2.51. The zero-order chi connectivity index (χ0) is 13.5. The molecule has 2 fully saturated rings. The minimum Gasteiger partial charge on any atom is -0.322 e. The van der Waals surface area contributed by atoms with Crippen LogP contribution in [0, 0.1) is 6.92 Å². The predicted octanol–water partition coefficient (Wildman–Crippen LogP) is 0.626. The molecule has 2 aliphatic heterocycles. The summed E-state index contributed by atoms with van der Waals surface area (Å²) in [5.41, 5.74) is 0.0345. The van der Waals surface area contributed by atoms with Crippen molar-refractivity contribution in [3.05, 3.63) is 16.1 Å². The maximum absolute atomic E-state index is 12.5. The second-order valence-electron chi connectivity index (χ2n) is 5.04. The van der Waals surface area contributed by atoms with Crippen LogP contribution in [-0.4, -0.2) is 40.5 Å². The number of hydrogen-bond acceptors (Lipinski definition) is 5. The van der Waals surface area contributed by atoms with E-state index in [0.29, 0.717) is 13.0 Å². The van der Waals surface area contributed by atoms with Gasteiger partial charge in [0.05, 0.1) is 17.2 Å². The molecule has 0 bridgehead atoms. The third-order valence-electron chi connectivity index (χ3n) is 3.62. The number of nitrogens with one attached hydrogen (secondary N) is 2. The Hall–Kier alpha value is -1.47. The van der Waals surface area contributed by atoms with Crippen LogP contribution in [-0.2, 0) is 11.3 Å². The van der Waals surface area contributed by atoms with Crippen LogP contribution in [0.15, 0.2) is 5.38 Å². The molecule has 7 heteroatoms. The Morgan fingerprint density at radius 1 is 1.53 bits per heavy atom. The number of amides is 3. The fourth-order valence-corrected chi connectivity index (χ4v) is 3.26. The maximum Gasteiger partial charge on any atom is 0.325 e. The summed E-state index contributed by atoms with van der Waals surface area (Å²) in [5.74, 6) is -0.129. The van der Waals surface area contributed by atoms with Crippen LogP contribution in [0.1, 0.15) is 23.5 Å². The molecule has 102 valence electrons. The molecule has 1 aromatic rings. The molecule has 6 nitrogen and oxygen atoms in total. The lowest BCUT2D eigenvalue weighted by atomic mass is 9.90. The third kappa shape index (κ3) is 2.12. The summed E-state index contributed by atoms with van der Waals surface area (Å²) in [4.78, 5) is 30.1. The SMILES string of the molecule is Cc1nc(CN2C(=O)NC3(CCCNC3)C2=O)cs1. The van der Waals surface area contributed by atoms with Gasteiger partial charge in [-0.2, -0.15) is 0 Å². The molecule has 2 saturated heterocycles. The molecule has 2 aliphatic rings. The van der Waals surface area contributed by atoms with Crippen LogP contribution in [0.3, 0.4) is 0 Å². The number of urea groups is 1. The lowest BCUT2D eigenvalue weighted by Gasteiger charge is -2.31. The fourth-order valence-electron chi connectivity index (χ4n) is 2.66. The summed E-state index contributed by atoms with van der Waals surface area (Å²) in [5, 5.41) is 8.86. The standard InChI is InChI=1S/C12H16N4O2S/c1-8-14-9(6-19-8)5-16-10(17)12(15-11(16)18)3-2-4-13-7-12/h6,13H,2-5,7H2,1H3,(H,15,18). The van der Waals surface area contributed by atoms with E-state index in [4.69, 9.17) is 0 Å². The second-order valence-corrected chi connectivity index (χ2v) is 6.10. The molecule has 3 heterocycles. The summed E-state index contributed by atoms with van der Waals surface area (Å²) < 4.78 is 0. The van der Waals surface area contributed by atoms with Gasteiger partial charge in [0.25, 0.3) is 5.91 Å². The van der Waals surface area contributed by atoms with Crippen molar-refractivity contribution in [2.45, 2.75) is 31.8 Å². The first-order valence-electron chi connectivity index (χ1n) is 6.37. The molecular formula is C12H16N4O2S. The highest BCUT2D eigenvalue weighted by molar-refractivity contribution is 7.09. The van der Waals surface area contributed by atoms with Gasteiger partial charge in [-0.3, -0.25) is 9.69 Å². The van der Waals surface area contributed by atoms with Gasteiger partial charge in [0, 0.05) is 11.9 Å². The van der Waals surface area contributed by atoms with Gasteiger partial charge in [0.15, 0.2) is 0 Å². The zero-order valence-electron chi connectivity index (χ0n) is 10.7. The normalized spacial score (nSPS) is 27.1. The number of piperidine rings is 1. The van der Waals surface area contributed by atoms with Gasteiger partial charge in [0.1, 0.15) is 5.54 Å². The average Bonchev–Trinajstić information content (AvgIpc) is 2.89. The van der Waals surface area contributed by atoms with Crippen molar-refractivity contribution in [3.63, 3.8) is 0 Å². The molecule has 1 aromatic heterocycles. The molecule has 0 aliphatic carbocycles. The lowest BCUT2D eigenvalue weighted by molar-refractivity contribution is -0.132. The molecule has 1 atom stereocenters. The van der Waals surface area contributed by atoms with Crippen molar-refractivity contribution in [1.29, 1.82) is 0 Å². The quantitative estimate of drug-likeness (QED) is 0.779. The topological polar surface area (TPSA) is 74.3 Å². The first-order valence-corrected chi connectivity index (χ1v) is 7.24. The van der Waals surface area contributed by atoms with E-state index < -0.39 is 5.54 Å². The van der Waals surface area contributed by atoms with E-state index in [0.717, 1.165) is 23.7 Å². The Kier molecular flexibility index (Phi) is 3.02. The molecule has 0 saturated carbocycles. The Labute approximate surface area is 115 Å². The van der Waals surface area contributed by atoms with Crippen LogP contribution < -0.4 is 10.6 Å². The molecule has 3 amide bonds. The van der Waals surface area contributed by atoms with Gasteiger partial charge in [0.2, 0.25) is 0 Å². The van der Waals surface area contributed by atoms with E-state index in [2.05, 4.69) is 15.6 Å². The van der Waals surface area contributed by atoms with Crippen molar-refractivity contribution in [3.8, 4) is 0 Å². The van der Waals surface area contributed by atoms with Gasteiger partial charge >= 0.3 is 6.03 Å². The van der Waals surface area contributed by atoms with Crippen molar-refractivity contribution >= 4 is 23.3 Å². The van der Waals surface area contributed by atoms with E-state index in [9.17, 15) is 9.59 Å². The van der Waals surface area contributed by atoms with Crippen molar-refractivity contribution in [2.24, 2.45) is 0 Å². The number of aromatic nitrogens is 1. The minimum absolute atomic E-state index is 0.129. The number of imide groups is 1. The Morgan fingerprint density at radius 3 is 3.00 bits per heavy atom. The van der Waals surface area contributed by atoms with Crippen LogP contribution in [0.5, 0.6) is 0 Å². The lowest BCUT2D eigenvalue weighted by Crippen LogP contribution is -2.57. The minimum atomic E-state index is -0.736. The summed E-state index contributed by atoms with van der Waals surface area (Å²) in [6.07, 6.45) is 1.60. The highest BCUT2D eigenvalue weighted by atomic mass is 32.1. The average molecular weight is 280 g/mol. The smallest absolute Gasteiger partial charge is 0.322 e. The molecule has 3 rings (SSSR count). The van der Waals surface area contributed by atoms with Crippen LogP contribution in [0.4, 0.5) is 4.79 Å². The van der Waals surface area contributed by atoms with Crippen molar-refractivity contribution < 1.29 is 9.59 Å². The maximum atomic E-state index is 12.5.